The Morgan fingerprint density at radius 2 is 2.12 bits per heavy atom. The summed E-state index contributed by atoms with van der Waals surface area (Å²) in [6.45, 7) is 6.12. The third kappa shape index (κ3) is 4.47. The van der Waals surface area contributed by atoms with Gasteiger partial charge in [-0.05, 0) is 56.4 Å². The third-order valence-corrected chi connectivity index (χ3v) is 2.45. The maximum Gasteiger partial charge on any atom is 0.126 e. The third-order valence-electron chi connectivity index (χ3n) is 2.45. The first kappa shape index (κ1) is 12.8. The average Bonchev–Trinajstić information content (AvgIpc) is 2.28. The fourth-order valence-electron chi connectivity index (χ4n) is 1.46. The molecule has 88 valence electrons. The van der Waals surface area contributed by atoms with Crippen molar-refractivity contribution >= 4 is 0 Å². The molecule has 0 spiro atoms. The zero-order chi connectivity index (χ0) is 11.8. The van der Waals surface area contributed by atoms with Crippen molar-refractivity contribution in [2.24, 2.45) is 0 Å². The maximum absolute atomic E-state index is 13.0. The highest BCUT2D eigenvalue weighted by Crippen LogP contribution is 2.16. The number of aryl methyl sites for hydroxylation is 1. The Bertz CT molecular complexity index is 334. The van der Waals surface area contributed by atoms with Crippen molar-refractivity contribution in [3.63, 3.8) is 0 Å². The number of ether oxygens (including phenoxy) is 1. The highest BCUT2D eigenvalue weighted by molar-refractivity contribution is 5.28. The average molecular weight is 222 g/mol. The van der Waals surface area contributed by atoms with Crippen LogP contribution in [0.4, 0.5) is 4.39 Å². The SMILES string of the molecule is C=CCCCCCOc1ccc(F)c(C)c1. The molecular weight excluding hydrogens is 203 g/mol. The molecule has 1 aromatic rings. The number of rotatable bonds is 7. The summed E-state index contributed by atoms with van der Waals surface area (Å²) in [6, 6.07) is 4.85. The van der Waals surface area contributed by atoms with Crippen LogP contribution in [0.3, 0.4) is 0 Å². The normalized spacial score (nSPS) is 10.1. The Morgan fingerprint density at radius 3 is 2.81 bits per heavy atom. The minimum absolute atomic E-state index is 0.182. The molecule has 0 fully saturated rings. The van der Waals surface area contributed by atoms with Gasteiger partial charge in [0.15, 0.2) is 0 Å². The van der Waals surface area contributed by atoms with E-state index >= 15 is 0 Å². The van der Waals surface area contributed by atoms with Gasteiger partial charge in [-0.2, -0.15) is 0 Å². The molecule has 0 aliphatic carbocycles. The molecule has 1 nitrogen and oxygen atoms in total. The van der Waals surface area contributed by atoms with Gasteiger partial charge in [-0.15, -0.1) is 6.58 Å². The molecule has 0 radical (unpaired) electrons. The number of benzene rings is 1. The zero-order valence-corrected chi connectivity index (χ0v) is 9.84. The lowest BCUT2D eigenvalue weighted by molar-refractivity contribution is 0.305. The fourth-order valence-corrected chi connectivity index (χ4v) is 1.46. The van der Waals surface area contributed by atoms with E-state index in [0.717, 1.165) is 31.4 Å². The smallest absolute Gasteiger partial charge is 0.126 e. The quantitative estimate of drug-likeness (QED) is 0.495. The monoisotopic (exact) mass is 222 g/mol. The van der Waals surface area contributed by atoms with Crippen LogP contribution in [0, 0.1) is 12.7 Å². The van der Waals surface area contributed by atoms with Crippen LogP contribution in [0.2, 0.25) is 0 Å². The van der Waals surface area contributed by atoms with Crippen LogP contribution in [-0.4, -0.2) is 6.61 Å². The molecule has 0 N–H and O–H groups in total. The first-order valence-corrected chi connectivity index (χ1v) is 5.74. The molecule has 0 saturated carbocycles. The van der Waals surface area contributed by atoms with Gasteiger partial charge >= 0.3 is 0 Å². The molecule has 0 atom stereocenters. The predicted molar refractivity (Wildman–Crippen MR) is 65.3 cm³/mol. The fraction of sp³-hybridized carbons (Fsp3) is 0.429. The van der Waals surface area contributed by atoms with Gasteiger partial charge in [-0.1, -0.05) is 6.08 Å². The summed E-state index contributed by atoms with van der Waals surface area (Å²) in [7, 11) is 0. The lowest BCUT2D eigenvalue weighted by Gasteiger charge is -2.06. The van der Waals surface area contributed by atoms with E-state index in [1.807, 2.05) is 6.08 Å². The number of halogens is 1. The summed E-state index contributed by atoms with van der Waals surface area (Å²) in [5.74, 6) is 0.570. The Hall–Kier alpha value is -1.31. The molecule has 16 heavy (non-hydrogen) atoms. The van der Waals surface area contributed by atoms with E-state index in [1.165, 1.54) is 6.07 Å². The molecule has 0 amide bonds. The summed E-state index contributed by atoms with van der Waals surface area (Å²) < 4.78 is 18.5. The van der Waals surface area contributed by atoms with E-state index in [2.05, 4.69) is 6.58 Å². The second-order valence-corrected chi connectivity index (χ2v) is 3.90. The van der Waals surface area contributed by atoms with Crippen molar-refractivity contribution in [1.29, 1.82) is 0 Å². The minimum Gasteiger partial charge on any atom is -0.494 e. The maximum atomic E-state index is 13.0. The van der Waals surface area contributed by atoms with E-state index < -0.39 is 0 Å². The minimum atomic E-state index is -0.182. The molecule has 2 heteroatoms. The van der Waals surface area contributed by atoms with Crippen molar-refractivity contribution in [1.82, 2.24) is 0 Å². The van der Waals surface area contributed by atoms with Gasteiger partial charge in [-0.3, -0.25) is 0 Å². The van der Waals surface area contributed by atoms with Gasteiger partial charge in [0.2, 0.25) is 0 Å². The molecule has 0 bridgehead atoms. The Morgan fingerprint density at radius 1 is 1.31 bits per heavy atom. The first-order valence-electron chi connectivity index (χ1n) is 5.74. The summed E-state index contributed by atoms with van der Waals surface area (Å²) in [4.78, 5) is 0. The molecule has 0 aromatic heterocycles. The molecule has 0 saturated heterocycles. The van der Waals surface area contributed by atoms with Gasteiger partial charge in [0.1, 0.15) is 11.6 Å². The van der Waals surface area contributed by atoms with Crippen LogP contribution in [0.25, 0.3) is 0 Å². The standard InChI is InChI=1S/C14H19FO/c1-3-4-5-6-7-10-16-13-8-9-14(15)12(2)11-13/h3,8-9,11H,1,4-7,10H2,2H3. The van der Waals surface area contributed by atoms with Crippen LogP contribution in [0.5, 0.6) is 5.75 Å². The number of hydrogen-bond acceptors (Lipinski definition) is 1. The van der Waals surface area contributed by atoms with E-state index in [0.29, 0.717) is 12.2 Å². The van der Waals surface area contributed by atoms with Gasteiger partial charge in [0, 0.05) is 0 Å². The molecule has 0 aliphatic rings. The second kappa shape index (κ2) is 7.04. The van der Waals surface area contributed by atoms with Crippen molar-refractivity contribution in [3.05, 3.63) is 42.2 Å². The van der Waals surface area contributed by atoms with Gasteiger partial charge < -0.3 is 4.74 Å². The van der Waals surface area contributed by atoms with Crippen molar-refractivity contribution in [2.45, 2.75) is 32.6 Å². The van der Waals surface area contributed by atoms with E-state index in [4.69, 9.17) is 4.74 Å². The van der Waals surface area contributed by atoms with Crippen LogP contribution >= 0.6 is 0 Å². The van der Waals surface area contributed by atoms with E-state index in [-0.39, 0.29) is 5.82 Å². The van der Waals surface area contributed by atoms with Crippen molar-refractivity contribution < 1.29 is 9.13 Å². The van der Waals surface area contributed by atoms with Gasteiger partial charge in [0.25, 0.3) is 0 Å². The predicted octanol–water partition coefficient (Wildman–Crippen LogP) is 4.26. The number of allylic oxidation sites excluding steroid dienone is 1. The lowest BCUT2D eigenvalue weighted by atomic mass is 10.2. The van der Waals surface area contributed by atoms with Crippen LogP contribution < -0.4 is 4.74 Å². The Labute approximate surface area is 96.9 Å². The van der Waals surface area contributed by atoms with Crippen LogP contribution in [0.1, 0.15) is 31.2 Å². The molecule has 0 aliphatic heterocycles. The number of unbranched alkanes of at least 4 members (excludes halogenated alkanes) is 3. The Balaban J connectivity index is 2.21. The molecule has 1 aromatic carbocycles. The highest BCUT2D eigenvalue weighted by atomic mass is 19.1. The second-order valence-electron chi connectivity index (χ2n) is 3.90. The lowest BCUT2D eigenvalue weighted by Crippen LogP contribution is -1.97. The summed E-state index contributed by atoms with van der Waals surface area (Å²) in [6.07, 6.45) is 6.34. The Kier molecular flexibility index (Phi) is 5.62. The molecular formula is C14H19FO. The summed E-state index contributed by atoms with van der Waals surface area (Å²) in [5.41, 5.74) is 0.629. The zero-order valence-electron chi connectivity index (χ0n) is 9.84. The molecule has 0 heterocycles. The topological polar surface area (TPSA) is 9.23 Å². The summed E-state index contributed by atoms with van der Waals surface area (Å²) >= 11 is 0. The van der Waals surface area contributed by atoms with Gasteiger partial charge in [-0.25, -0.2) is 4.39 Å². The number of hydrogen-bond donors (Lipinski definition) is 0. The van der Waals surface area contributed by atoms with Crippen molar-refractivity contribution in [3.8, 4) is 5.75 Å². The molecule has 1 rings (SSSR count). The molecule has 0 unspecified atom stereocenters. The first-order chi connectivity index (χ1) is 7.74. The van der Waals surface area contributed by atoms with Crippen LogP contribution in [0.15, 0.2) is 30.9 Å². The van der Waals surface area contributed by atoms with E-state index in [9.17, 15) is 4.39 Å². The summed E-state index contributed by atoms with van der Waals surface area (Å²) in [5, 5.41) is 0. The highest BCUT2D eigenvalue weighted by Gasteiger charge is 1.99. The van der Waals surface area contributed by atoms with Gasteiger partial charge in [0.05, 0.1) is 6.61 Å². The van der Waals surface area contributed by atoms with Crippen LogP contribution in [-0.2, 0) is 0 Å². The largest absolute Gasteiger partial charge is 0.494 e. The van der Waals surface area contributed by atoms with E-state index in [1.54, 1.807) is 19.1 Å². The van der Waals surface area contributed by atoms with Crippen molar-refractivity contribution in [2.75, 3.05) is 6.61 Å².